The van der Waals surface area contributed by atoms with E-state index in [2.05, 4.69) is 73.1 Å². The smallest absolute Gasteiger partial charge is 0.0531 e. The summed E-state index contributed by atoms with van der Waals surface area (Å²) in [5.41, 5.74) is 5.16. The third kappa shape index (κ3) is 1.55. The predicted octanol–water partition coefficient (Wildman–Crippen LogP) is 4.25. The van der Waals surface area contributed by atoms with Gasteiger partial charge in [0, 0.05) is 17.3 Å². The number of aromatic nitrogens is 1. The van der Waals surface area contributed by atoms with E-state index in [0.29, 0.717) is 0 Å². The van der Waals surface area contributed by atoms with Crippen molar-refractivity contribution in [3.63, 3.8) is 0 Å². The van der Waals surface area contributed by atoms with E-state index in [1.54, 1.807) is 0 Å². The summed E-state index contributed by atoms with van der Waals surface area (Å²) in [4.78, 5) is 0. The van der Waals surface area contributed by atoms with E-state index in [4.69, 9.17) is 0 Å². The van der Waals surface area contributed by atoms with Crippen LogP contribution in [0, 0.1) is 13.8 Å². The Balaban J connectivity index is 2.35. The van der Waals surface area contributed by atoms with Crippen LogP contribution in [0.1, 0.15) is 11.1 Å². The molecule has 0 fully saturated rings. The van der Waals surface area contributed by atoms with Crippen LogP contribution < -0.4 is 0 Å². The topological polar surface area (TPSA) is 4.93 Å². The highest BCUT2D eigenvalue weighted by Crippen LogP contribution is 2.25. The van der Waals surface area contributed by atoms with Crippen molar-refractivity contribution in [1.82, 2.24) is 4.57 Å². The van der Waals surface area contributed by atoms with Crippen molar-refractivity contribution in [2.45, 2.75) is 13.8 Å². The van der Waals surface area contributed by atoms with Crippen LogP contribution in [0.25, 0.3) is 16.6 Å². The first kappa shape index (κ1) is 10.2. The third-order valence-corrected chi connectivity index (χ3v) is 3.29. The SMILES string of the molecule is Cc1ccccc1-n1cc(C)c2ccccc21. The van der Waals surface area contributed by atoms with Gasteiger partial charge in [-0.15, -0.1) is 0 Å². The Morgan fingerprint density at radius 1 is 0.765 bits per heavy atom. The van der Waals surface area contributed by atoms with Gasteiger partial charge in [0.2, 0.25) is 0 Å². The molecule has 0 amide bonds. The molecule has 2 aromatic carbocycles. The molecule has 1 heterocycles. The molecule has 0 radical (unpaired) electrons. The zero-order valence-corrected chi connectivity index (χ0v) is 10.1. The van der Waals surface area contributed by atoms with Gasteiger partial charge < -0.3 is 4.57 Å². The number of benzene rings is 2. The van der Waals surface area contributed by atoms with Gasteiger partial charge in [-0.2, -0.15) is 0 Å². The van der Waals surface area contributed by atoms with Crippen molar-refractivity contribution in [3.8, 4) is 5.69 Å². The highest BCUT2D eigenvalue weighted by atomic mass is 15.0. The lowest BCUT2D eigenvalue weighted by Gasteiger charge is -2.08. The molecule has 1 heteroatoms. The Kier molecular flexibility index (Phi) is 2.25. The fourth-order valence-electron chi connectivity index (χ4n) is 2.38. The summed E-state index contributed by atoms with van der Waals surface area (Å²) in [5, 5.41) is 1.33. The van der Waals surface area contributed by atoms with Crippen LogP contribution in [0.3, 0.4) is 0 Å². The van der Waals surface area contributed by atoms with Gasteiger partial charge in [0.25, 0.3) is 0 Å². The molecule has 1 nitrogen and oxygen atoms in total. The lowest BCUT2D eigenvalue weighted by molar-refractivity contribution is 1.10. The largest absolute Gasteiger partial charge is 0.316 e. The van der Waals surface area contributed by atoms with Gasteiger partial charge in [0.1, 0.15) is 0 Å². The fraction of sp³-hybridized carbons (Fsp3) is 0.125. The van der Waals surface area contributed by atoms with Gasteiger partial charge >= 0.3 is 0 Å². The average Bonchev–Trinajstić information content (AvgIpc) is 2.68. The summed E-state index contributed by atoms with van der Waals surface area (Å²) in [6.45, 7) is 4.32. The molecule has 17 heavy (non-hydrogen) atoms. The molecule has 0 aliphatic rings. The average molecular weight is 221 g/mol. The number of hydrogen-bond acceptors (Lipinski definition) is 0. The van der Waals surface area contributed by atoms with Crippen molar-refractivity contribution in [2.75, 3.05) is 0 Å². The molecular formula is C16H15N. The van der Waals surface area contributed by atoms with E-state index in [0.717, 1.165) is 0 Å². The maximum Gasteiger partial charge on any atom is 0.0531 e. The van der Waals surface area contributed by atoms with E-state index in [1.165, 1.54) is 27.7 Å². The van der Waals surface area contributed by atoms with E-state index in [9.17, 15) is 0 Å². The first-order valence-electron chi connectivity index (χ1n) is 5.90. The summed E-state index contributed by atoms with van der Waals surface area (Å²) in [6, 6.07) is 17.0. The third-order valence-electron chi connectivity index (χ3n) is 3.29. The molecule has 0 unspecified atom stereocenters. The molecule has 0 saturated carbocycles. The second-order valence-electron chi connectivity index (χ2n) is 4.49. The number of para-hydroxylation sites is 2. The summed E-state index contributed by atoms with van der Waals surface area (Å²) >= 11 is 0. The van der Waals surface area contributed by atoms with Crippen LogP contribution in [-0.2, 0) is 0 Å². The van der Waals surface area contributed by atoms with Gasteiger partial charge in [0.15, 0.2) is 0 Å². The minimum Gasteiger partial charge on any atom is -0.316 e. The van der Waals surface area contributed by atoms with Crippen molar-refractivity contribution < 1.29 is 0 Å². The van der Waals surface area contributed by atoms with E-state index >= 15 is 0 Å². The molecule has 84 valence electrons. The molecule has 0 aliphatic heterocycles. The zero-order chi connectivity index (χ0) is 11.8. The van der Waals surface area contributed by atoms with Gasteiger partial charge in [-0.25, -0.2) is 0 Å². The standard InChI is InChI=1S/C16H15N/c1-12-7-3-5-9-15(12)17-11-13(2)14-8-4-6-10-16(14)17/h3-11H,1-2H3. The van der Waals surface area contributed by atoms with Crippen LogP contribution in [-0.4, -0.2) is 4.57 Å². The van der Waals surface area contributed by atoms with Crippen molar-refractivity contribution >= 4 is 10.9 Å². The summed E-state index contributed by atoms with van der Waals surface area (Å²) in [7, 11) is 0. The Morgan fingerprint density at radius 2 is 1.47 bits per heavy atom. The van der Waals surface area contributed by atoms with Gasteiger partial charge in [-0.05, 0) is 37.1 Å². The molecule has 1 aromatic heterocycles. The van der Waals surface area contributed by atoms with Gasteiger partial charge in [-0.3, -0.25) is 0 Å². The first-order chi connectivity index (χ1) is 8.27. The lowest BCUT2D eigenvalue weighted by atomic mass is 10.2. The molecule has 0 saturated heterocycles. The summed E-state index contributed by atoms with van der Waals surface area (Å²) in [5.74, 6) is 0. The molecule has 0 bridgehead atoms. The molecule has 3 aromatic rings. The highest BCUT2D eigenvalue weighted by molar-refractivity contribution is 5.85. The number of aryl methyl sites for hydroxylation is 2. The summed E-state index contributed by atoms with van der Waals surface area (Å²) < 4.78 is 2.28. The quantitative estimate of drug-likeness (QED) is 0.579. The molecule has 0 spiro atoms. The molecule has 0 N–H and O–H groups in total. The van der Waals surface area contributed by atoms with Crippen molar-refractivity contribution in [1.29, 1.82) is 0 Å². The van der Waals surface area contributed by atoms with Crippen molar-refractivity contribution in [3.05, 3.63) is 65.9 Å². The van der Waals surface area contributed by atoms with Crippen LogP contribution in [0.2, 0.25) is 0 Å². The fourth-order valence-corrected chi connectivity index (χ4v) is 2.38. The molecule has 0 atom stereocenters. The predicted molar refractivity (Wildman–Crippen MR) is 72.7 cm³/mol. The minimum atomic E-state index is 1.26. The first-order valence-corrected chi connectivity index (χ1v) is 5.90. The van der Waals surface area contributed by atoms with Crippen LogP contribution in [0.5, 0.6) is 0 Å². The van der Waals surface area contributed by atoms with E-state index in [1.807, 2.05) is 0 Å². The Labute approximate surface area is 101 Å². The van der Waals surface area contributed by atoms with E-state index in [-0.39, 0.29) is 0 Å². The lowest BCUT2D eigenvalue weighted by Crippen LogP contribution is -1.94. The maximum absolute atomic E-state index is 2.28. The maximum atomic E-state index is 2.28. The van der Waals surface area contributed by atoms with Crippen LogP contribution in [0.15, 0.2) is 54.7 Å². The summed E-state index contributed by atoms with van der Waals surface area (Å²) in [6.07, 6.45) is 2.22. The number of hydrogen-bond donors (Lipinski definition) is 0. The zero-order valence-electron chi connectivity index (χ0n) is 10.1. The number of rotatable bonds is 1. The van der Waals surface area contributed by atoms with E-state index < -0.39 is 0 Å². The highest BCUT2D eigenvalue weighted by Gasteiger charge is 2.07. The molecular weight excluding hydrogens is 206 g/mol. The Bertz CT molecular complexity index is 677. The van der Waals surface area contributed by atoms with Crippen LogP contribution >= 0.6 is 0 Å². The second kappa shape index (κ2) is 3.77. The molecule has 3 rings (SSSR count). The minimum absolute atomic E-state index is 1.26. The van der Waals surface area contributed by atoms with Crippen LogP contribution in [0.4, 0.5) is 0 Å². The molecule has 0 aliphatic carbocycles. The Hall–Kier alpha value is -2.02. The monoisotopic (exact) mass is 221 g/mol. The second-order valence-corrected chi connectivity index (χ2v) is 4.49. The number of nitrogens with zero attached hydrogens (tertiary/aromatic N) is 1. The van der Waals surface area contributed by atoms with Gasteiger partial charge in [0.05, 0.1) is 5.52 Å². The van der Waals surface area contributed by atoms with Gasteiger partial charge in [-0.1, -0.05) is 36.4 Å². The Morgan fingerprint density at radius 3 is 2.29 bits per heavy atom. The normalized spacial score (nSPS) is 10.9. The van der Waals surface area contributed by atoms with Crippen molar-refractivity contribution in [2.24, 2.45) is 0 Å². The number of fused-ring (bicyclic) bond motifs is 1.